The van der Waals surface area contributed by atoms with Gasteiger partial charge in [-0.15, -0.1) is 0 Å². The summed E-state index contributed by atoms with van der Waals surface area (Å²) in [5.41, 5.74) is 0. The van der Waals surface area contributed by atoms with Crippen LogP contribution in [-0.2, 0) is 9.53 Å². The largest absolute Gasteiger partial charge is 0.369 e. The zero-order chi connectivity index (χ0) is 12.3. The van der Waals surface area contributed by atoms with E-state index in [1.54, 1.807) is 0 Å². The van der Waals surface area contributed by atoms with Crippen molar-refractivity contribution in [3.63, 3.8) is 0 Å². The van der Waals surface area contributed by atoms with Gasteiger partial charge in [-0.25, -0.2) is 0 Å². The predicted molar refractivity (Wildman–Crippen MR) is 67.8 cm³/mol. The standard InChI is InChI=1S/C14H25NO2/c1-11(2)17-10-14(16)15-9-5-7-12-6-3-4-8-13(12)15/h11-13H,3-10H2,1-2H3/t12-,13-/m1/s1. The Morgan fingerprint density at radius 2 is 1.94 bits per heavy atom. The molecule has 0 bridgehead atoms. The third-order valence-corrected chi connectivity index (χ3v) is 4.10. The fourth-order valence-electron chi connectivity index (χ4n) is 3.26. The van der Waals surface area contributed by atoms with Crippen LogP contribution in [0, 0.1) is 5.92 Å². The maximum absolute atomic E-state index is 12.2. The molecule has 0 unspecified atom stereocenters. The van der Waals surface area contributed by atoms with Gasteiger partial charge in [0.1, 0.15) is 6.61 Å². The first-order valence-corrected chi connectivity index (χ1v) is 7.09. The highest BCUT2D eigenvalue weighted by molar-refractivity contribution is 5.78. The number of nitrogens with zero attached hydrogens (tertiary/aromatic N) is 1. The van der Waals surface area contributed by atoms with Crippen molar-refractivity contribution in [2.75, 3.05) is 13.2 Å². The Kier molecular flexibility index (Phi) is 4.43. The molecule has 0 N–H and O–H groups in total. The van der Waals surface area contributed by atoms with Gasteiger partial charge in [0.2, 0.25) is 5.91 Å². The van der Waals surface area contributed by atoms with Crippen LogP contribution in [0.5, 0.6) is 0 Å². The number of likely N-dealkylation sites (tertiary alicyclic amines) is 1. The van der Waals surface area contributed by atoms with E-state index in [9.17, 15) is 4.79 Å². The van der Waals surface area contributed by atoms with E-state index in [-0.39, 0.29) is 18.6 Å². The summed E-state index contributed by atoms with van der Waals surface area (Å²) in [5.74, 6) is 0.968. The molecule has 1 saturated heterocycles. The average molecular weight is 239 g/mol. The van der Waals surface area contributed by atoms with Crippen LogP contribution < -0.4 is 0 Å². The summed E-state index contributed by atoms with van der Waals surface area (Å²) in [4.78, 5) is 14.3. The fraction of sp³-hybridized carbons (Fsp3) is 0.929. The topological polar surface area (TPSA) is 29.5 Å². The maximum atomic E-state index is 12.2. The molecule has 17 heavy (non-hydrogen) atoms. The number of carbonyl (C=O) groups excluding carboxylic acids is 1. The van der Waals surface area contributed by atoms with Crippen molar-refractivity contribution in [2.24, 2.45) is 5.92 Å². The zero-order valence-corrected chi connectivity index (χ0v) is 11.2. The van der Waals surface area contributed by atoms with Gasteiger partial charge in [0.15, 0.2) is 0 Å². The van der Waals surface area contributed by atoms with Crippen molar-refractivity contribution in [2.45, 2.75) is 64.5 Å². The second-order valence-corrected chi connectivity index (χ2v) is 5.70. The molecule has 0 radical (unpaired) electrons. The van der Waals surface area contributed by atoms with Crippen molar-refractivity contribution < 1.29 is 9.53 Å². The first-order valence-electron chi connectivity index (χ1n) is 7.09. The summed E-state index contributed by atoms with van der Waals surface area (Å²) >= 11 is 0. The first-order chi connectivity index (χ1) is 8.18. The molecular formula is C14H25NO2. The van der Waals surface area contributed by atoms with Gasteiger partial charge in [-0.3, -0.25) is 4.79 Å². The molecule has 0 aromatic carbocycles. The molecular weight excluding hydrogens is 214 g/mol. The quantitative estimate of drug-likeness (QED) is 0.757. The molecule has 0 spiro atoms. The first kappa shape index (κ1) is 12.9. The summed E-state index contributed by atoms with van der Waals surface area (Å²) in [6, 6.07) is 0.515. The molecule has 3 nitrogen and oxygen atoms in total. The third kappa shape index (κ3) is 3.21. The monoisotopic (exact) mass is 239 g/mol. The van der Waals surface area contributed by atoms with E-state index in [1.807, 2.05) is 13.8 Å². The van der Waals surface area contributed by atoms with Crippen LogP contribution in [0.25, 0.3) is 0 Å². The highest BCUT2D eigenvalue weighted by atomic mass is 16.5. The molecule has 2 aliphatic rings. The average Bonchev–Trinajstić information content (AvgIpc) is 2.35. The number of fused-ring (bicyclic) bond motifs is 1. The van der Waals surface area contributed by atoms with Crippen LogP contribution in [0.4, 0.5) is 0 Å². The van der Waals surface area contributed by atoms with Crippen LogP contribution in [0.2, 0.25) is 0 Å². The molecule has 0 aromatic heterocycles. The van der Waals surface area contributed by atoms with Gasteiger partial charge in [0.25, 0.3) is 0 Å². The van der Waals surface area contributed by atoms with Crippen molar-refractivity contribution in [3.05, 3.63) is 0 Å². The van der Waals surface area contributed by atoms with Crippen LogP contribution in [-0.4, -0.2) is 36.1 Å². The zero-order valence-electron chi connectivity index (χ0n) is 11.2. The van der Waals surface area contributed by atoms with Gasteiger partial charge < -0.3 is 9.64 Å². The number of rotatable bonds is 3. The molecule has 0 aromatic rings. The van der Waals surface area contributed by atoms with Gasteiger partial charge in [-0.2, -0.15) is 0 Å². The lowest BCUT2D eigenvalue weighted by Crippen LogP contribution is -2.50. The van der Waals surface area contributed by atoms with E-state index in [1.165, 1.54) is 38.5 Å². The van der Waals surface area contributed by atoms with Crippen molar-refractivity contribution in [3.8, 4) is 0 Å². The molecule has 1 amide bonds. The van der Waals surface area contributed by atoms with Crippen molar-refractivity contribution in [1.29, 1.82) is 0 Å². The number of hydrogen-bond donors (Lipinski definition) is 0. The van der Waals surface area contributed by atoms with Gasteiger partial charge in [0.05, 0.1) is 6.10 Å². The number of carbonyl (C=O) groups is 1. The Hall–Kier alpha value is -0.570. The molecule has 2 fully saturated rings. The Labute approximate surface area is 105 Å². The van der Waals surface area contributed by atoms with E-state index in [0.717, 1.165) is 12.5 Å². The fourth-order valence-corrected chi connectivity index (χ4v) is 3.26. The Morgan fingerprint density at radius 3 is 2.71 bits per heavy atom. The van der Waals surface area contributed by atoms with E-state index in [0.29, 0.717) is 6.04 Å². The van der Waals surface area contributed by atoms with E-state index >= 15 is 0 Å². The molecule has 1 heterocycles. The molecule has 1 saturated carbocycles. The lowest BCUT2D eigenvalue weighted by atomic mass is 9.78. The third-order valence-electron chi connectivity index (χ3n) is 4.10. The van der Waals surface area contributed by atoms with E-state index in [4.69, 9.17) is 4.74 Å². The van der Waals surface area contributed by atoms with Crippen LogP contribution in [0.1, 0.15) is 52.4 Å². The minimum atomic E-state index is 0.144. The number of ether oxygens (including phenoxy) is 1. The summed E-state index contributed by atoms with van der Waals surface area (Å²) < 4.78 is 5.45. The molecule has 3 heteroatoms. The minimum absolute atomic E-state index is 0.144. The Balaban J connectivity index is 1.91. The van der Waals surface area contributed by atoms with Crippen LogP contribution in [0.15, 0.2) is 0 Å². The normalized spacial score (nSPS) is 29.2. The Bertz CT molecular complexity index is 263. The molecule has 1 aliphatic carbocycles. The second kappa shape index (κ2) is 5.85. The van der Waals surface area contributed by atoms with Crippen LogP contribution >= 0.6 is 0 Å². The van der Waals surface area contributed by atoms with Crippen molar-refractivity contribution in [1.82, 2.24) is 4.90 Å². The molecule has 2 atom stereocenters. The summed E-state index contributed by atoms with van der Waals surface area (Å²) in [6.07, 6.45) is 7.80. The van der Waals surface area contributed by atoms with Gasteiger partial charge >= 0.3 is 0 Å². The van der Waals surface area contributed by atoms with Gasteiger partial charge in [0, 0.05) is 12.6 Å². The smallest absolute Gasteiger partial charge is 0.248 e. The Morgan fingerprint density at radius 1 is 1.24 bits per heavy atom. The van der Waals surface area contributed by atoms with Crippen molar-refractivity contribution >= 4 is 5.91 Å². The summed E-state index contributed by atoms with van der Waals surface area (Å²) in [6.45, 7) is 5.17. The lowest BCUT2D eigenvalue weighted by Gasteiger charge is -2.44. The van der Waals surface area contributed by atoms with E-state index in [2.05, 4.69) is 4.90 Å². The lowest BCUT2D eigenvalue weighted by molar-refractivity contribution is -0.144. The number of amides is 1. The number of hydrogen-bond acceptors (Lipinski definition) is 2. The highest BCUT2D eigenvalue weighted by Crippen LogP contribution is 2.35. The van der Waals surface area contributed by atoms with Gasteiger partial charge in [-0.05, 0) is 45.4 Å². The molecule has 2 rings (SSSR count). The predicted octanol–water partition coefficient (Wildman–Crippen LogP) is 2.59. The number of piperidine rings is 1. The SMILES string of the molecule is CC(C)OCC(=O)N1CCC[C@H]2CCCC[C@H]21. The summed E-state index contributed by atoms with van der Waals surface area (Å²) in [5, 5.41) is 0. The van der Waals surface area contributed by atoms with Gasteiger partial charge in [-0.1, -0.05) is 12.8 Å². The minimum Gasteiger partial charge on any atom is -0.369 e. The van der Waals surface area contributed by atoms with Crippen LogP contribution in [0.3, 0.4) is 0 Å². The maximum Gasteiger partial charge on any atom is 0.248 e. The molecule has 98 valence electrons. The van der Waals surface area contributed by atoms with E-state index < -0.39 is 0 Å². The highest BCUT2D eigenvalue weighted by Gasteiger charge is 2.35. The second-order valence-electron chi connectivity index (χ2n) is 5.70. The summed E-state index contributed by atoms with van der Waals surface area (Å²) in [7, 11) is 0. The molecule has 1 aliphatic heterocycles.